The predicted octanol–water partition coefficient (Wildman–Crippen LogP) is 9.78. The molecule has 0 aliphatic rings. The number of aliphatic hydroxyl groups is 2. The second-order valence-corrected chi connectivity index (χ2v) is 12.9. The molecule has 0 spiro atoms. The summed E-state index contributed by atoms with van der Waals surface area (Å²) in [5.74, 6) is 0. The first kappa shape index (κ1) is 28.2. The van der Waals surface area contributed by atoms with Crippen molar-refractivity contribution in [3.05, 3.63) is 156 Å². The second-order valence-electron chi connectivity index (χ2n) is 12.9. The van der Waals surface area contributed by atoms with Gasteiger partial charge in [-0.05, 0) is 93.0 Å². The molecule has 48 heavy (non-hydrogen) atoms. The number of hydrogen-bond donors (Lipinski definition) is 2. The van der Waals surface area contributed by atoms with Gasteiger partial charge in [0.25, 0.3) is 0 Å². The molecule has 2 N–H and O–H groups in total. The van der Waals surface area contributed by atoms with Gasteiger partial charge in [-0.3, -0.25) is 0 Å². The van der Waals surface area contributed by atoms with Crippen LogP contribution < -0.4 is 0 Å². The first-order valence-electron chi connectivity index (χ1n) is 16.1. The van der Waals surface area contributed by atoms with Gasteiger partial charge in [0.1, 0.15) is 11.2 Å². The van der Waals surface area contributed by atoms with E-state index in [4.69, 9.17) is 0 Å². The Morgan fingerprint density at radius 1 is 0.417 bits per heavy atom. The number of benzene rings is 9. The fourth-order valence-corrected chi connectivity index (χ4v) is 8.16. The Bertz CT molecular complexity index is 2590. The minimum atomic E-state index is -1.69. The average Bonchev–Trinajstić information content (AvgIpc) is 3.13. The lowest BCUT2D eigenvalue weighted by Gasteiger charge is -2.32. The lowest BCUT2D eigenvalue weighted by atomic mass is 9.76. The summed E-state index contributed by atoms with van der Waals surface area (Å²) in [6, 6.07) is 48.5. The Labute approximate surface area is 276 Å². The largest absolute Gasteiger partial charge is 0.379 e. The standard InChI is InChI=1S/C44H28N2O2/c45-24-22-43(47,37-20-16-31-12-10-27-4-1-6-29-14-18-35(37)41(31)39(27)29)33-8-3-9-34(26-33)44(48,23-25-46)38-21-17-32-13-11-28-5-2-7-30-15-19-36(38)42(32)40(28)30/h1-21,26,47-48H,22-23H2. The predicted molar refractivity (Wildman–Crippen MR) is 193 cm³/mol. The van der Waals surface area contributed by atoms with E-state index in [2.05, 4.69) is 72.8 Å². The lowest BCUT2D eigenvalue weighted by Crippen LogP contribution is -2.30. The third-order valence-electron chi connectivity index (χ3n) is 10.4. The normalized spacial score (nSPS) is 14.5. The maximum Gasteiger partial charge on any atom is 0.128 e. The van der Waals surface area contributed by atoms with E-state index in [1.807, 2.05) is 48.5 Å². The van der Waals surface area contributed by atoms with Crippen LogP contribution in [0.25, 0.3) is 64.6 Å². The summed E-state index contributed by atoms with van der Waals surface area (Å²) in [5.41, 5.74) is -1.18. The molecular weight excluding hydrogens is 588 g/mol. The zero-order chi connectivity index (χ0) is 32.6. The number of nitrogens with zero attached hydrogens (tertiary/aromatic N) is 2. The van der Waals surface area contributed by atoms with E-state index < -0.39 is 11.2 Å². The molecule has 0 aliphatic carbocycles. The summed E-state index contributed by atoms with van der Waals surface area (Å²) in [4.78, 5) is 0. The van der Waals surface area contributed by atoms with Crippen molar-refractivity contribution in [2.24, 2.45) is 0 Å². The Hall–Kier alpha value is -6.04. The van der Waals surface area contributed by atoms with Crippen molar-refractivity contribution in [1.29, 1.82) is 10.5 Å². The van der Waals surface area contributed by atoms with Gasteiger partial charge in [-0.15, -0.1) is 0 Å². The third-order valence-corrected chi connectivity index (χ3v) is 10.4. The van der Waals surface area contributed by atoms with E-state index >= 15 is 0 Å². The van der Waals surface area contributed by atoms with Crippen LogP contribution in [0.15, 0.2) is 133 Å². The van der Waals surface area contributed by atoms with Crippen LogP contribution in [-0.4, -0.2) is 10.2 Å². The van der Waals surface area contributed by atoms with Gasteiger partial charge in [0.2, 0.25) is 0 Å². The van der Waals surface area contributed by atoms with Crippen LogP contribution in [0.2, 0.25) is 0 Å². The van der Waals surface area contributed by atoms with Crippen molar-refractivity contribution in [3.8, 4) is 12.1 Å². The van der Waals surface area contributed by atoms with Gasteiger partial charge in [0.15, 0.2) is 0 Å². The molecule has 0 heterocycles. The quantitative estimate of drug-likeness (QED) is 0.182. The molecular formula is C44H28N2O2. The number of nitriles is 2. The molecule has 0 bridgehead atoms. The van der Waals surface area contributed by atoms with Gasteiger partial charge in [0.05, 0.1) is 25.0 Å². The molecule has 4 heteroatoms. The monoisotopic (exact) mass is 616 g/mol. The van der Waals surface area contributed by atoms with Gasteiger partial charge in [-0.2, -0.15) is 10.5 Å². The lowest BCUT2D eigenvalue weighted by molar-refractivity contribution is 0.0807. The molecule has 9 rings (SSSR count). The molecule has 0 saturated heterocycles. The molecule has 0 aromatic heterocycles. The van der Waals surface area contributed by atoms with Gasteiger partial charge in [-0.1, -0.05) is 127 Å². The van der Waals surface area contributed by atoms with E-state index in [0.717, 1.165) is 64.6 Å². The van der Waals surface area contributed by atoms with Crippen LogP contribution in [0.5, 0.6) is 0 Å². The van der Waals surface area contributed by atoms with Crippen molar-refractivity contribution >= 4 is 64.6 Å². The third kappa shape index (κ3) is 3.82. The Balaban J connectivity index is 1.27. The molecule has 0 aliphatic heterocycles. The molecule has 2 atom stereocenters. The summed E-state index contributed by atoms with van der Waals surface area (Å²) in [5, 5.41) is 58.2. The van der Waals surface area contributed by atoms with E-state index in [9.17, 15) is 20.7 Å². The highest BCUT2D eigenvalue weighted by Crippen LogP contribution is 2.46. The smallest absolute Gasteiger partial charge is 0.128 e. The van der Waals surface area contributed by atoms with Crippen molar-refractivity contribution < 1.29 is 10.2 Å². The Morgan fingerprint density at radius 2 is 0.750 bits per heavy atom. The van der Waals surface area contributed by atoms with Crippen molar-refractivity contribution in [3.63, 3.8) is 0 Å². The van der Waals surface area contributed by atoms with Gasteiger partial charge in [-0.25, -0.2) is 0 Å². The highest BCUT2D eigenvalue weighted by Gasteiger charge is 2.38. The Kier molecular flexibility index (Phi) is 6.01. The van der Waals surface area contributed by atoms with Crippen LogP contribution in [0.3, 0.4) is 0 Å². The average molecular weight is 617 g/mol. The van der Waals surface area contributed by atoms with Crippen molar-refractivity contribution in [2.75, 3.05) is 0 Å². The van der Waals surface area contributed by atoms with E-state index in [1.165, 1.54) is 0 Å². The molecule has 9 aromatic rings. The molecule has 226 valence electrons. The minimum absolute atomic E-state index is 0.199. The van der Waals surface area contributed by atoms with Crippen LogP contribution in [0, 0.1) is 22.7 Å². The summed E-state index contributed by atoms with van der Waals surface area (Å²) in [6.45, 7) is 0. The van der Waals surface area contributed by atoms with Crippen molar-refractivity contribution in [1.82, 2.24) is 0 Å². The van der Waals surface area contributed by atoms with Crippen LogP contribution in [0.4, 0.5) is 0 Å². The highest BCUT2D eigenvalue weighted by molar-refractivity contribution is 6.24. The summed E-state index contributed by atoms with van der Waals surface area (Å²) in [7, 11) is 0. The molecule has 2 unspecified atom stereocenters. The fraction of sp³-hybridized carbons (Fsp3) is 0.0909. The topological polar surface area (TPSA) is 88.0 Å². The first-order valence-corrected chi connectivity index (χ1v) is 16.1. The van der Waals surface area contributed by atoms with E-state index in [0.29, 0.717) is 22.3 Å². The summed E-state index contributed by atoms with van der Waals surface area (Å²) in [6.07, 6.45) is -0.397. The Morgan fingerprint density at radius 3 is 1.15 bits per heavy atom. The van der Waals surface area contributed by atoms with Crippen LogP contribution >= 0.6 is 0 Å². The van der Waals surface area contributed by atoms with E-state index in [1.54, 1.807) is 24.3 Å². The minimum Gasteiger partial charge on any atom is -0.379 e. The molecule has 0 radical (unpaired) electrons. The molecule has 4 nitrogen and oxygen atoms in total. The zero-order valence-corrected chi connectivity index (χ0v) is 25.9. The SMILES string of the molecule is N#CCC(O)(c1cccc(C(O)(CC#N)c2ccc3ccc4cccc5ccc2c3c45)c1)c1ccc2ccc3cccc4ccc1c2c34. The summed E-state index contributed by atoms with van der Waals surface area (Å²) >= 11 is 0. The molecule has 9 aromatic carbocycles. The number of rotatable bonds is 6. The number of hydrogen-bond acceptors (Lipinski definition) is 4. The molecule has 0 amide bonds. The zero-order valence-electron chi connectivity index (χ0n) is 25.9. The van der Waals surface area contributed by atoms with Crippen molar-refractivity contribution in [2.45, 2.75) is 24.0 Å². The first-order chi connectivity index (χ1) is 23.4. The van der Waals surface area contributed by atoms with Crippen LogP contribution in [-0.2, 0) is 11.2 Å². The van der Waals surface area contributed by atoms with E-state index in [-0.39, 0.29) is 12.8 Å². The van der Waals surface area contributed by atoms with Gasteiger partial charge < -0.3 is 10.2 Å². The van der Waals surface area contributed by atoms with Gasteiger partial charge >= 0.3 is 0 Å². The molecule has 0 saturated carbocycles. The summed E-state index contributed by atoms with van der Waals surface area (Å²) < 4.78 is 0. The fourth-order valence-electron chi connectivity index (χ4n) is 8.16. The maximum atomic E-state index is 12.7. The van der Waals surface area contributed by atoms with Gasteiger partial charge in [0, 0.05) is 0 Å². The second kappa shape index (κ2) is 10.2. The molecule has 0 fully saturated rings. The maximum absolute atomic E-state index is 12.7. The van der Waals surface area contributed by atoms with Crippen LogP contribution in [0.1, 0.15) is 35.1 Å². The highest BCUT2D eigenvalue weighted by atomic mass is 16.3.